The lowest BCUT2D eigenvalue weighted by Crippen LogP contribution is -2.26. The first-order chi connectivity index (χ1) is 10.5. The van der Waals surface area contributed by atoms with Crippen molar-refractivity contribution in [1.82, 2.24) is 0 Å². The molecule has 1 atom stereocenters. The Bertz CT molecular complexity index is 229. The summed E-state index contributed by atoms with van der Waals surface area (Å²) in [6, 6.07) is 0. The molecule has 0 aromatic carbocycles. The largest absolute Gasteiger partial charge is 0.120 e. The predicted molar refractivity (Wildman–Crippen MR) is 109 cm³/mol. The van der Waals surface area contributed by atoms with Gasteiger partial charge in [0.15, 0.2) is 0 Å². The lowest BCUT2D eigenvalue weighted by molar-refractivity contribution is 0.530. The molecule has 0 saturated heterocycles. The van der Waals surface area contributed by atoms with Gasteiger partial charge in [0, 0.05) is 0 Å². The second-order valence-corrected chi connectivity index (χ2v) is 11.9. The molecule has 0 aromatic heterocycles. The SMILES string of the molecule is CCCCCCCCCCCCCCCCC(Cl)C([SiH3])(Cl)Cl. The molecule has 0 N–H and O–H groups in total. The summed E-state index contributed by atoms with van der Waals surface area (Å²) < 4.78 is -0.655. The molecule has 0 rings (SSSR count). The van der Waals surface area contributed by atoms with Crippen LogP contribution in [-0.4, -0.2) is 19.6 Å². The molecule has 0 spiro atoms. The van der Waals surface area contributed by atoms with Gasteiger partial charge >= 0.3 is 0 Å². The van der Waals surface area contributed by atoms with E-state index in [1.807, 2.05) is 0 Å². The molecule has 0 aliphatic heterocycles. The van der Waals surface area contributed by atoms with E-state index in [1.165, 1.54) is 83.5 Å². The van der Waals surface area contributed by atoms with E-state index >= 15 is 0 Å². The summed E-state index contributed by atoms with van der Waals surface area (Å²) >= 11 is 18.3. The highest BCUT2D eigenvalue weighted by Gasteiger charge is 2.26. The van der Waals surface area contributed by atoms with Crippen LogP contribution in [0.1, 0.15) is 103 Å². The number of rotatable bonds is 16. The molecule has 4 heteroatoms. The highest BCUT2D eigenvalue weighted by atomic mass is 35.5. The zero-order chi connectivity index (χ0) is 16.7. The van der Waals surface area contributed by atoms with Crippen molar-refractivity contribution < 1.29 is 0 Å². The van der Waals surface area contributed by atoms with Crippen LogP contribution < -0.4 is 0 Å². The Morgan fingerprint density at radius 1 is 0.682 bits per heavy atom. The molecule has 1 unspecified atom stereocenters. The molecule has 0 aliphatic carbocycles. The molecule has 0 saturated carbocycles. The van der Waals surface area contributed by atoms with Gasteiger partial charge in [0.1, 0.15) is 3.96 Å². The van der Waals surface area contributed by atoms with Gasteiger partial charge in [-0.15, -0.1) is 34.8 Å². The van der Waals surface area contributed by atoms with E-state index in [4.69, 9.17) is 34.8 Å². The molecule has 0 fully saturated rings. The Labute approximate surface area is 157 Å². The average Bonchev–Trinajstić information content (AvgIpc) is 2.46. The highest BCUT2D eigenvalue weighted by Crippen LogP contribution is 2.29. The normalized spacial score (nSPS) is 13.6. The second-order valence-electron chi connectivity index (χ2n) is 6.81. The highest BCUT2D eigenvalue weighted by molar-refractivity contribution is 6.67. The van der Waals surface area contributed by atoms with Crippen LogP contribution in [0.4, 0.5) is 0 Å². The summed E-state index contributed by atoms with van der Waals surface area (Å²) in [4.78, 5) is 0. The van der Waals surface area contributed by atoms with E-state index in [-0.39, 0.29) is 5.38 Å². The van der Waals surface area contributed by atoms with Crippen LogP contribution in [-0.2, 0) is 0 Å². The first kappa shape index (κ1) is 23.1. The zero-order valence-electron chi connectivity index (χ0n) is 14.8. The predicted octanol–water partition coefficient (Wildman–Crippen LogP) is 6.96. The third kappa shape index (κ3) is 16.0. The summed E-state index contributed by atoms with van der Waals surface area (Å²) in [5.74, 6) is 0. The monoisotopic (exact) mass is 386 g/mol. The Hall–Kier alpha value is 1.09. The summed E-state index contributed by atoms with van der Waals surface area (Å²) in [7, 11) is 0.732. The maximum absolute atomic E-state index is 6.18. The van der Waals surface area contributed by atoms with Crippen molar-refractivity contribution in [1.29, 1.82) is 0 Å². The van der Waals surface area contributed by atoms with Gasteiger partial charge in [-0.05, 0) is 6.42 Å². The molecule has 0 aliphatic rings. The van der Waals surface area contributed by atoms with Crippen molar-refractivity contribution in [3.63, 3.8) is 0 Å². The fourth-order valence-corrected chi connectivity index (χ4v) is 3.43. The van der Waals surface area contributed by atoms with Crippen LogP contribution in [0, 0.1) is 0 Å². The van der Waals surface area contributed by atoms with E-state index in [0.29, 0.717) is 0 Å². The number of unbranched alkanes of at least 4 members (excludes halogenated alkanes) is 13. The maximum atomic E-state index is 6.18. The lowest BCUT2D eigenvalue weighted by atomic mass is 10.0. The Morgan fingerprint density at radius 3 is 1.32 bits per heavy atom. The molecule has 0 heterocycles. The first-order valence-corrected chi connectivity index (χ1v) is 11.7. The molecule has 0 nitrogen and oxygen atoms in total. The van der Waals surface area contributed by atoms with Crippen molar-refractivity contribution in [3.8, 4) is 0 Å². The van der Waals surface area contributed by atoms with Crippen LogP contribution in [0.3, 0.4) is 0 Å². The molecule has 0 bridgehead atoms. The molecular weight excluding hydrogens is 351 g/mol. The zero-order valence-corrected chi connectivity index (χ0v) is 19.1. The summed E-state index contributed by atoms with van der Waals surface area (Å²) in [5, 5.41) is -0.0696. The Kier molecular flexibility index (Phi) is 16.4. The van der Waals surface area contributed by atoms with Gasteiger partial charge in [-0.3, -0.25) is 0 Å². The fraction of sp³-hybridized carbons (Fsp3) is 1.00. The fourth-order valence-electron chi connectivity index (χ4n) is 2.77. The van der Waals surface area contributed by atoms with E-state index in [0.717, 1.165) is 23.1 Å². The average molecular weight is 388 g/mol. The van der Waals surface area contributed by atoms with Gasteiger partial charge < -0.3 is 0 Å². The van der Waals surface area contributed by atoms with Crippen molar-refractivity contribution in [2.45, 2.75) is 113 Å². The van der Waals surface area contributed by atoms with E-state index in [1.54, 1.807) is 0 Å². The van der Waals surface area contributed by atoms with E-state index in [2.05, 4.69) is 6.92 Å². The van der Waals surface area contributed by atoms with Gasteiger partial charge in [0.05, 0.1) is 15.6 Å². The summed E-state index contributed by atoms with van der Waals surface area (Å²) in [5.41, 5.74) is 0. The van der Waals surface area contributed by atoms with Crippen LogP contribution in [0.5, 0.6) is 0 Å². The van der Waals surface area contributed by atoms with Crippen molar-refractivity contribution in [3.05, 3.63) is 0 Å². The quantitative estimate of drug-likeness (QED) is 0.152. The summed E-state index contributed by atoms with van der Waals surface area (Å²) in [6.07, 6.45) is 20.3. The molecule has 0 amide bonds. The topological polar surface area (TPSA) is 0 Å². The molecule has 134 valence electrons. The standard InChI is InChI=1S/C18H37Cl3Si/c1-2-3-4-5-6-7-8-9-10-11-12-13-14-15-16-17(19)18(20,21)22/h17H,2-16H2,1,22H3. The lowest BCUT2D eigenvalue weighted by Gasteiger charge is -2.20. The first-order valence-electron chi connectivity index (χ1n) is 9.50. The molecule has 0 radical (unpaired) electrons. The van der Waals surface area contributed by atoms with Crippen LogP contribution in [0.25, 0.3) is 0 Å². The van der Waals surface area contributed by atoms with Crippen LogP contribution in [0.15, 0.2) is 0 Å². The minimum atomic E-state index is -0.655. The third-order valence-corrected chi connectivity index (χ3v) is 6.83. The number of alkyl halides is 3. The summed E-state index contributed by atoms with van der Waals surface area (Å²) in [6.45, 7) is 2.28. The Morgan fingerprint density at radius 2 is 1.00 bits per heavy atom. The van der Waals surface area contributed by atoms with Crippen LogP contribution >= 0.6 is 34.8 Å². The minimum Gasteiger partial charge on any atom is -0.120 e. The molecule has 0 aromatic rings. The molecular formula is C18H37Cl3Si. The van der Waals surface area contributed by atoms with Crippen LogP contribution in [0.2, 0.25) is 0 Å². The van der Waals surface area contributed by atoms with Crippen molar-refractivity contribution in [2.75, 3.05) is 0 Å². The number of hydrogen-bond acceptors (Lipinski definition) is 0. The molecule has 22 heavy (non-hydrogen) atoms. The van der Waals surface area contributed by atoms with Gasteiger partial charge in [0.25, 0.3) is 0 Å². The van der Waals surface area contributed by atoms with Crippen molar-refractivity contribution in [2.24, 2.45) is 0 Å². The maximum Gasteiger partial charge on any atom is 0.113 e. The van der Waals surface area contributed by atoms with E-state index in [9.17, 15) is 0 Å². The van der Waals surface area contributed by atoms with Gasteiger partial charge in [-0.25, -0.2) is 0 Å². The van der Waals surface area contributed by atoms with Gasteiger partial charge in [-0.1, -0.05) is 96.8 Å². The van der Waals surface area contributed by atoms with Gasteiger partial charge in [-0.2, -0.15) is 0 Å². The number of hydrogen-bond donors (Lipinski definition) is 0. The van der Waals surface area contributed by atoms with Crippen molar-refractivity contribution >= 4 is 45.0 Å². The Balaban J connectivity index is 3.12. The minimum absolute atomic E-state index is 0.0696. The van der Waals surface area contributed by atoms with Gasteiger partial charge in [0.2, 0.25) is 0 Å². The third-order valence-electron chi connectivity index (χ3n) is 4.36. The second kappa shape index (κ2) is 15.6. The number of halogens is 3. The smallest absolute Gasteiger partial charge is 0.113 e. The van der Waals surface area contributed by atoms with E-state index < -0.39 is 3.96 Å².